The third-order valence-corrected chi connectivity index (χ3v) is 4.17. The van der Waals surface area contributed by atoms with Gasteiger partial charge in [0.1, 0.15) is 11.4 Å². The van der Waals surface area contributed by atoms with Crippen molar-refractivity contribution in [2.75, 3.05) is 20.6 Å². The van der Waals surface area contributed by atoms with Gasteiger partial charge in [-0.2, -0.15) is 0 Å². The molecule has 1 aliphatic carbocycles. The molecule has 2 nitrogen and oxygen atoms in total. The smallest absolute Gasteiger partial charge is 0.129 e. The van der Waals surface area contributed by atoms with Crippen molar-refractivity contribution in [1.82, 2.24) is 4.90 Å². The van der Waals surface area contributed by atoms with E-state index in [4.69, 9.17) is 4.74 Å². The Morgan fingerprint density at radius 3 is 2.83 bits per heavy atom. The average molecular weight is 268 g/mol. The summed E-state index contributed by atoms with van der Waals surface area (Å²) < 4.78 is 6.37. The zero-order valence-electron chi connectivity index (χ0n) is 11.2. The molecule has 1 fully saturated rings. The third kappa shape index (κ3) is 2.12. The number of hydrogen-bond donors (Lipinski definition) is 0. The van der Waals surface area contributed by atoms with Crippen LogP contribution in [-0.4, -0.2) is 31.1 Å². The highest BCUT2D eigenvalue weighted by atomic mass is 35.5. The van der Waals surface area contributed by atoms with Crippen LogP contribution in [-0.2, 0) is 0 Å². The summed E-state index contributed by atoms with van der Waals surface area (Å²) in [7, 11) is 4.29. The van der Waals surface area contributed by atoms with E-state index < -0.39 is 0 Å². The second-order valence-electron chi connectivity index (χ2n) is 5.74. The molecule has 0 spiro atoms. The maximum Gasteiger partial charge on any atom is 0.129 e. The van der Waals surface area contributed by atoms with Crippen molar-refractivity contribution in [3.8, 4) is 5.75 Å². The number of nitrogens with zero attached hydrogens (tertiary/aromatic N) is 1. The van der Waals surface area contributed by atoms with E-state index in [0.717, 1.165) is 12.3 Å². The molecule has 3 heteroatoms. The number of likely N-dealkylation sites (N-methyl/N-ethyl adjacent to an activating group) is 1. The van der Waals surface area contributed by atoms with Crippen LogP contribution in [0.4, 0.5) is 0 Å². The molecule has 0 saturated heterocycles. The van der Waals surface area contributed by atoms with Crippen molar-refractivity contribution in [1.29, 1.82) is 0 Å². The maximum atomic E-state index is 6.37. The van der Waals surface area contributed by atoms with Crippen molar-refractivity contribution in [2.45, 2.75) is 37.2 Å². The topological polar surface area (TPSA) is 12.5 Å². The Hall–Kier alpha value is -0.730. The maximum absolute atomic E-state index is 6.37. The zero-order chi connectivity index (χ0) is 11.9. The molecule has 0 N–H and O–H groups in total. The molecular weight excluding hydrogens is 246 g/mol. The largest absolute Gasteiger partial charge is 0.485 e. The lowest BCUT2D eigenvalue weighted by Crippen LogP contribution is -2.48. The first-order valence-corrected chi connectivity index (χ1v) is 6.64. The number of fused-ring (bicyclic) bond motifs is 3. The molecule has 1 aromatic carbocycles. The lowest BCUT2D eigenvalue weighted by Gasteiger charge is -2.40. The van der Waals surface area contributed by atoms with Gasteiger partial charge in [0.2, 0.25) is 0 Å². The van der Waals surface area contributed by atoms with Gasteiger partial charge < -0.3 is 9.64 Å². The fourth-order valence-electron chi connectivity index (χ4n) is 3.61. The van der Waals surface area contributed by atoms with E-state index in [1.165, 1.54) is 31.2 Å². The Labute approximate surface area is 116 Å². The second kappa shape index (κ2) is 5.10. The summed E-state index contributed by atoms with van der Waals surface area (Å²) in [4.78, 5) is 2.27. The minimum atomic E-state index is 0. The molecule has 100 valence electrons. The Balaban J connectivity index is 0.00000120. The second-order valence-corrected chi connectivity index (χ2v) is 5.74. The molecule has 0 aromatic heterocycles. The lowest BCUT2D eigenvalue weighted by atomic mass is 9.73. The van der Waals surface area contributed by atoms with Crippen LogP contribution in [0, 0.1) is 0 Å². The fourth-order valence-corrected chi connectivity index (χ4v) is 3.61. The zero-order valence-corrected chi connectivity index (χ0v) is 12.0. The first-order valence-electron chi connectivity index (χ1n) is 6.64. The van der Waals surface area contributed by atoms with Crippen LogP contribution in [0.15, 0.2) is 24.3 Å². The minimum absolute atomic E-state index is 0. The predicted molar refractivity (Wildman–Crippen MR) is 76.8 cm³/mol. The van der Waals surface area contributed by atoms with E-state index in [-0.39, 0.29) is 18.0 Å². The molecule has 0 amide bonds. The van der Waals surface area contributed by atoms with Crippen LogP contribution >= 0.6 is 12.4 Å². The first-order chi connectivity index (χ1) is 8.21. The number of para-hydroxylation sites is 1. The molecule has 1 aliphatic heterocycles. The fraction of sp³-hybridized carbons (Fsp3) is 0.600. The van der Waals surface area contributed by atoms with Crippen LogP contribution in [0.1, 0.15) is 37.2 Å². The third-order valence-electron chi connectivity index (χ3n) is 4.17. The minimum Gasteiger partial charge on any atom is -0.485 e. The quantitative estimate of drug-likeness (QED) is 0.814. The van der Waals surface area contributed by atoms with E-state index in [9.17, 15) is 0 Å². The van der Waals surface area contributed by atoms with Crippen LogP contribution < -0.4 is 4.74 Å². The molecule has 2 aliphatic rings. The van der Waals surface area contributed by atoms with Crippen molar-refractivity contribution in [3.63, 3.8) is 0 Å². The van der Waals surface area contributed by atoms with E-state index in [1.807, 2.05) is 0 Å². The van der Waals surface area contributed by atoms with Gasteiger partial charge in [-0.1, -0.05) is 24.6 Å². The average Bonchev–Trinajstić information content (AvgIpc) is 2.61. The van der Waals surface area contributed by atoms with E-state index in [1.54, 1.807) is 0 Å². The Kier molecular flexibility index (Phi) is 3.88. The molecule has 3 rings (SSSR count). The van der Waals surface area contributed by atoms with E-state index >= 15 is 0 Å². The number of benzene rings is 1. The molecule has 2 unspecified atom stereocenters. The molecule has 1 aromatic rings. The number of ether oxygens (including phenoxy) is 1. The predicted octanol–water partition coefficient (Wildman–Crippen LogP) is 3.46. The van der Waals surface area contributed by atoms with Gasteiger partial charge in [0.15, 0.2) is 0 Å². The highest BCUT2D eigenvalue weighted by Crippen LogP contribution is 2.52. The molecule has 18 heavy (non-hydrogen) atoms. The van der Waals surface area contributed by atoms with Gasteiger partial charge in [0.05, 0.1) is 0 Å². The van der Waals surface area contributed by atoms with Crippen molar-refractivity contribution < 1.29 is 4.74 Å². The first kappa shape index (κ1) is 13.7. The molecule has 0 bridgehead atoms. The van der Waals surface area contributed by atoms with Crippen molar-refractivity contribution in [3.05, 3.63) is 29.8 Å². The van der Waals surface area contributed by atoms with E-state index in [2.05, 4.69) is 43.3 Å². The van der Waals surface area contributed by atoms with Gasteiger partial charge in [0, 0.05) is 18.0 Å². The highest BCUT2D eigenvalue weighted by Gasteiger charge is 2.49. The van der Waals surface area contributed by atoms with Gasteiger partial charge in [-0.15, -0.1) is 12.4 Å². The standard InChI is InChI=1S/C15H21NO.ClH/c1-16(2)11-15-10-6-5-8-13(15)12-7-3-4-9-14(12)17-15;/h3-4,7,9,13H,5-6,8,10-11H2,1-2H3;1H. The van der Waals surface area contributed by atoms with Gasteiger partial charge >= 0.3 is 0 Å². The monoisotopic (exact) mass is 267 g/mol. The summed E-state index contributed by atoms with van der Waals surface area (Å²) >= 11 is 0. The molecule has 0 radical (unpaired) electrons. The van der Waals surface area contributed by atoms with Crippen molar-refractivity contribution in [2.24, 2.45) is 0 Å². The summed E-state index contributed by atoms with van der Waals surface area (Å²) in [6.07, 6.45) is 5.13. The van der Waals surface area contributed by atoms with Crippen LogP contribution in [0.2, 0.25) is 0 Å². The summed E-state index contributed by atoms with van der Waals surface area (Å²) in [5, 5.41) is 0. The number of halogens is 1. The summed E-state index contributed by atoms with van der Waals surface area (Å²) in [6, 6.07) is 8.61. The van der Waals surface area contributed by atoms with Crippen LogP contribution in [0.25, 0.3) is 0 Å². The Bertz CT molecular complexity index is 421. The van der Waals surface area contributed by atoms with Gasteiger partial charge in [-0.3, -0.25) is 0 Å². The number of rotatable bonds is 2. The Morgan fingerprint density at radius 2 is 2.06 bits per heavy atom. The van der Waals surface area contributed by atoms with Crippen LogP contribution in [0.5, 0.6) is 5.75 Å². The van der Waals surface area contributed by atoms with Gasteiger partial charge in [0.25, 0.3) is 0 Å². The lowest BCUT2D eigenvalue weighted by molar-refractivity contribution is 0.0125. The number of hydrogen-bond acceptors (Lipinski definition) is 2. The molecule has 1 saturated carbocycles. The van der Waals surface area contributed by atoms with Crippen LogP contribution in [0.3, 0.4) is 0 Å². The molecular formula is C15H22ClNO. The van der Waals surface area contributed by atoms with Crippen molar-refractivity contribution >= 4 is 12.4 Å². The van der Waals surface area contributed by atoms with Gasteiger partial charge in [-0.25, -0.2) is 0 Å². The molecule has 2 atom stereocenters. The highest BCUT2D eigenvalue weighted by molar-refractivity contribution is 5.85. The molecule has 1 heterocycles. The normalized spacial score (nSPS) is 29.2. The summed E-state index contributed by atoms with van der Waals surface area (Å²) in [5.41, 5.74) is 1.49. The van der Waals surface area contributed by atoms with E-state index in [0.29, 0.717) is 5.92 Å². The summed E-state index contributed by atoms with van der Waals surface area (Å²) in [5.74, 6) is 1.73. The Morgan fingerprint density at radius 1 is 1.28 bits per heavy atom. The van der Waals surface area contributed by atoms with Gasteiger partial charge in [-0.05, 0) is 39.4 Å². The SMILES string of the molecule is CN(C)CC12CCCCC1c1ccccc1O2.Cl. The summed E-state index contributed by atoms with van der Waals surface area (Å²) in [6.45, 7) is 1.03.